The Morgan fingerprint density at radius 2 is 1.80 bits per heavy atom. The van der Waals surface area contributed by atoms with E-state index >= 15 is 0 Å². The highest BCUT2D eigenvalue weighted by molar-refractivity contribution is 6.04. The van der Waals surface area contributed by atoms with Gasteiger partial charge in [0.25, 0.3) is 5.91 Å². The van der Waals surface area contributed by atoms with E-state index < -0.39 is 0 Å². The first-order chi connectivity index (χ1) is 14.4. The lowest BCUT2D eigenvalue weighted by atomic mass is 10.1. The molecule has 6 nitrogen and oxygen atoms in total. The van der Waals surface area contributed by atoms with Crippen LogP contribution in [0.4, 0.5) is 5.82 Å². The summed E-state index contributed by atoms with van der Waals surface area (Å²) < 4.78 is 11.5. The number of carbonyl (C=O) groups is 1. The number of allylic oxidation sites excluding steroid dienone is 1. The SMILES string of the molecule is C=C(C)c1ccc(NC(=O)c2cc(OCc3ccccc3)nc(OC(C)C)c2)nc1. The molecule has 0 spiro atoms. The average Bonchev–Trinajstić information content (AvgIpc) is 2.73. The third kappa shape index (κ3) is 5.91. The molecule has 1 N–H and O–H groups in total. The predicted molar refractivity (Wildman–Crippen MR) is 118 cm³/mol. The standard InChI is InChI=1S/C24H25N3O3/c1-16(2)19-10-11-21(25-14-19)26-24(28)20-12-22(27-23(13-20)30-17(3)4)29-15-18-8-6-5-7-9-18/h5-14,17H,1,15H2,2-4H3,(H,25,26,28). The minimum atomic E-state index is -0.328. The molecule has 0 aliphatic carbocycles. The van der Waals surface area contributed by atoms with Gasteiger partial charge in [-0.1, -0.05) is 36.9 Å². The zero-order valence-corrected chi connectivity index (χ0v) is 17.4. The highest BCUT2D eigenvalue weighted by Gasteiger charge is 2.14. The Labute approximate surface area is 176 Å². The largest absolute Gasteiger partial charge is 0.475 e. The van der Waals surface area contributed by atoms with Crippen molar-refractivity contribution in [2.24, 2.45) is 0 Å². The molecule has 1 amide bonds. The van der Waals surface area contributed by atoms with Crippen LogP contribution in [-0.2, 0) is 6.61 Å². The summed E-state index contributed by atoms with van der Waals surface area (Å²) in [6.07, 6.45) is 1.58. The Bertz CT molecular complexity index is 1020. The number of hydrogen-bond acceptors (Lipinski definition) is 5. The van der Waals surface area contributed by atoms with E-state index in [4.69, 9.17) is 9.47 Å². The molecule has 0 aliphatic heterocycles. The van der Waals surface area contributed by atoms with Crippen LogP contribution in [0, 0.1) is 0 Å². The van der Waals surface area contributed by atoms with Crippen molar-refractivity contribution < 1.29 is 14.3 Å². The van der Waals surface area contributed by atoms with Gasteiger partial charge in [0, 0.05) is 18.3 Å². The summed E-state index contributed by atoms with van der Waals surface area (Å²) in [5.74, 6) is 0.755. The van der Waals surface area contributed by atoms with Gasteiger partial charge < -0.3 is 14.8 Å². The Kier molecular flexibility index (Phi) is 6.80. The third-order valence-corrected chi connectivity index (χ3v) is 4.12. The van der Waals surface area contributed by atoms with Gasteiger partial charge in [0.15, 0.2) is 0 Å². The maximum absolute atomic E-state index is 12.8. The quantitative estimate of drug-likeness (QED) is 0.564. The second-order valence-electron chi connectivity index (χ2n) is 7.14. The molecule has 3 aromatic rings. The van der Waals surface area contributed by atoms with E-state index in [2.05, 4.69) is 21.9 Å². The van der Waals surface area contributed by atoms with Crippen LogP contribution in [0.3, 0.4) is 0 Å². The van der Waals surface area contributed by atoms with Gasteiger partial charge in [0.05, 0.1) is 11.7 Å². The van der Waals surface area contributed by atoms with Crippen LogP contribution in [0.2, 0.25) is 0 Å². The molecule has 30 heavy (non-hydrogen) atoms. The molecule has 1 aromatic carbocycles. The van der Waals surface area contributed by atoms with Crippen molar-refractivity contribution in [3.63, 3.8) is 0 Å². The Hall–Kier alpha value is -3.67. The fourth-order valence-corrected chi connectivity index (χ4v) is 2.63. The van der Waals surface area contributed by atoms with E-state index in [-0.39, 0.29) is 12.0 Å². The van der Waals surface area contributed by atoms with Crippen LogP contribution in [-0.4, -0.2) is 22.0 Å². The highest BCUT2D eigenvalue weighted by Crippen LogP contribution is 2.21. The fraction of sp³-hybridized carbons (Fsp3) is 0.208. The molecule has 0 bridgehead atoms. The van der Waals surface area contributed by atoms with Crippen molar-refractivity contribution in [3.05, 3.63) is 84.1 Å². The molecular formula is C24H25N3O3. The van der Waals surface area contributed by atoms with Gasteiger partial charge in [-0.25, -0.2) is 4.98 Å². The number of hydrogen-bond donors (Lipinski definition) is 1. The van der Waals surface area contributed by atoms with Crippen LogP contribution in [0.25, 0.3) is 5.57 Å². The van der Waals surface area contributed by atoms with Crippen molar-refractivity contribution in [2.45, 2.75) is 33.5 Å². The topological polar surface area (TPSA) is 73.3 Å². The molecule has 6 heteroatoms. The lowest BCUT2D eigenvalue weighted by Crippen LogP contribution is -2.15. The lowest BCUT2D eigenvalue weighted by molar-refractivity contribution is 0.102. The molecular weight excluding hydrogens is 378 g/mol. The number of pyridine rings is 2. The summed E-state index contributed by atoms with van der Waals surface area (Å²) in [6.45, 7) is 9.91. The number of ether oxygens (including phenoxy) is 2. The summed E-state index contributed by atoms with van der Waals surface area (Å²) in [7, 11) is 0. The van der Waals surface area contributed by atoms with E-state index in [9.17, 15) is 4.79 Å². The normalized spacial score (nSPS) is 10.5. The highest BCUT2D eigenvalue weighted by atomic mass is 16.5. The first-order valence-corrected chi connectivity index (χ1v) is 9.69. The summed E-state index contributed by atoms with van der Waals surface area (Å²) in [4.78, 5) is 21.4. The molecule has 0 aliphatic rings. The molecule has 154 valence electrons. The lowest BCUT2D eigenvalue weighted by Gasteiger charge is -2.13. The number of carbonyl (C=O) groups excluding carboxylic acids is 1. The van der Waals surface area contributed by atoms with Crippen molar-refractivity contribution >= 4 is 17.3 Å². The van der Waals surface area contributed by atoms with Gasteiger partial charge in [-0.2, -0.15) is 4.98 Å². The van der Waals surface area contributed by atoms with E-state index in [1.54, 1.807) is 24.4 Å². The zero-order valence-electron chi connectivity index (χ0n) is 17.4. The minimum Gasteiger partial charge on any atom is -0.475 e. The van der Waals surface area contributed by atoms with E-state index in [0.29, 0.717) is 29.7 Å². The van der Waals surface area contributed by atoms with Gasteiger partial charge in [0.2, 0.25) is 11.8 Å². The van der Waals surface area contributed by atoms with Crippen LogP contribution in [0.1, 0.15) is 42.3 Å². The summed E-state index contributed by atoms with van der Waals surface area (Å²) in [6, 6.07) is 16.5. The molecule has 3 rings (SSSR count). The molecule has 2 heterocycles. The molecule has 0 atom stereocenters. The Morgan fingerprint density at radius 3 is 2.43 bits per heavy atom. The maximum Gasteiger partial charge on any atom is 0.257 e. The number of benzene rings is 1. The first kappa shape index (κ1) is 21.0. The number of aromatic nitrogens is 2. The molecule has 2 aromatic heterocycles. The molecule has 0 saturated heterocycles. The van der Waals surface area contributed by atoms with Crippen LogP contribution in [0.15, 0.2) is 67.4 Å². The fourth-order valence-electron chi connectivity index (χ4n) is 2.63. The third-order valence-electron chi connectivity index (χ3n) is 4.12. The van der Waals surface area contributed by atoms with Crippen molar-refractivity contribution in [2.75, 3.05) is 5.32 Å². The zero-order chi connectivity index (χ0) is 21.5. The Balaban J connectivity index is 1.78. The van der Waals surface area contributed by atoms with Crippen molar-refractivity contribution in [1.82, 2.24) is 9.97 Å². The number of nitrogens with one attached hydrogen (secondary N) is 1. The molecule has 0 saturated carbocycles. The molecule has 0 fully saturated rings. The average molecular weight is 403 g/mol. The smallest absolute Gasteiger partial charge is 0.257 e. The first-order valence-electron chi connectivity index (χ1n) is 9.69. The number of amides is 1. The van der Waals surface area contributed by atoms with Gasteiger partial charge in [-0.05, 0) is 49.6 Å². The second-order valence-corrected chi connectivity index (χ2v) is 7.14. The Morgan fingerprint density at radius 1 is 1.07 bits per heavy atom. The van der Waals surface area contributed by atoms with Crippen LogP contribution >= 0.6 is 0 Å². The molecule has 0 radical (unpaired) electrons. The maximum atomic E-state index is 12.8. The summed E-state index contributed by atoms with van der Waals surface area (Å²) >= 11 is 0. The monoisotopic (exact) mass is 403 g/mol. The van der Waals surface area contributed by atoms with Gasteiger partial charge in [-0.3, -0.25) is 4.79 Å². The van der Waals surface area contributed by atoms with Crippen molar-refractivity contribution in [3.8, 4) is 11.8 Å². The van der Waals surface area contributed by atoms with E-state index in [1.165, 1.54) is 0 Å². The minimum absolute atomic E-state index is 0.0888. The van der Waals surface area contributed by atoms with Crippen LogP contribution < -0.4 is 14.8 Å². The van der Waals surface area contributed by atoms with Gasteiger partial charge in [-0.15, -0.1) is 0 Å². The van der Waals surface area contributed by atoms with Crippen LogP contribution in [0.5, 0.6) is 11.8 Å². The van der Waals surface area contributed by atoms with Crippen molar-refractivity contribution in [1.29, 1.82) is 0 Å². The molecule has 0 unspecified atom stereocenters. The number of anilines is 1. The second kappa shape index (κ2) is 9.69. The van der Waals surface area contributed by atoms with Gasteiger partial charge in [0.1, 0.15) is 12.4 Å². The van der Waals surface area contributed by atoms with Gasteiger partial charge >= 0.3 is 0 Å². The summed E-state index contributed by atoms with van der Waals surface area (Å²) in [5.41, 5.74) is 3.20. The predicted octanol–water partition coefficient (Wildman–Crippen LogP) is 5.13. The van der Waals surface area contributed by atoms with E-state index in [0.717, 1.165) is 16.7 Å². The van der Waals surface area contributed by atoms with E-state index in [1.807, 2.05) is 57.2 Å². The number of nitrogens with zero attached hydrogens (tertiary/aromatic N) is 2. The summed E-state index contributed by atoms with van der Waals surface area (Å²) in [5, 5.41) is 2.79. The number of rotatable bonds is 8.